The van der Waals surface area contributed by atoms with Crippen LogP contribution in [-0.2, 0) is 4.79 Å². The highest BCUT2D eigenvalue weighted by Crippen LogP contribution is 2.19. The number of amides is 1. The van der Waals surface area contributed by atoms with E-state index in [-0.39, 0.29) is 11.5 Å². The quantitative estimate of drug-likeness (QED) is 0.723. The van der Waals surface area contributed by atoms with Crippen LogP contribution in [0.2, 0.25) is 0 Å². The molecule has 2 unspecified atom stereocenters. The SMILES string of the molecule is CCC(C)C(NC(=O)c1cc(Br)ccc1N)C(=O)O. The second-order valence-electron chi connectivity index (χ2n) is 4.41. The summed E-state index contributed by atoms with van der Waals surface area (Å²) in [6, 6.07) is 3.96. The van der Waals surface area contributed by atoms with Gasteiger partial charge in [0, 0.05) is 10.2 Å². The molecule has 0 aliphatic rings. The summed E-state index contributed by atoms with van der Waals surface area (Å²) in [6.45, 7) is 3.66. The van der Waals surface area contributed by atoms with Gasteiger partial charge in [0.15, 0.2) is 0 Å². The summed E-state index contributed by atoms with van der Waals surface area (Å²) in [4.78, 5) is 23.2. The molecule has 0 aromatic heterocycles. The average molecular weight is 329 g/mol. The molecule has 0 aliphatic heterocycles. The maximum absolute atomic E-state index is 12.1. The van der Waals surface area contributed by atoms with Gasteiger partial charge in [0.25, 0.3) is 5.91 Å². The van der Waals surface area contributed by atoms with Gasteiger partial charge in [-0.25, -0.2) is 4.79 Å². The van der Waals surface area contributed by atoms with Crippen molar-refractivity contribution in [3.63, 3.8) is 0 Å². The first-order valence-electron chi connectivity index (χ1n) is 5.95. The molecule has 0 fully saturated rings. The topological polar surface area (TPSA) is 92.4 Å². The second-order valence-corrected chi connectivity index (χ2v) is 5.32. The smallest absolute Gasteiger partial charge is 0.326 e. The zero-order valence-electron chi connectivity index (χ0n) is 10.8. The molecule has 0 spiro atoms. The Bertz CT molecular complexity index is 491. The van der Waals surface area contributed by atoms with Gasteiger partial charge in [-0.1, -0.05) is 36.2 Å². The number of nitrogen functional groups attached to an aromatic ring is 1. The van der Waals surface area contributed by atoms with Crippen molar-refractivity contribution in [2.24, 2.45) is 5.92 Å². The maximum atomic E-state index is 12.1. The number of carbonyl (C=O) groups excluding carboxylic acids is 1. The van der Waals surface area contributed by atoms with E-state index >= 15 is 0 Å². The number of hydrogen-bond acceptors (Lipinski definition) is 3. The molecular weight excluding hydrogens is 312 g/mol. The van der Waals surface area contributed by atoms with E-state index in [0.29, 0.717) is 16.6 Å². The summed E-state index contributed by atoms with van der Waals surface area (Å²) in [5.41, 5.74) is 6.30. The molecular formula is C13H17BrN2O3. The lowest BCUT2D eigenvalue weighted by molar-refractivity contribution is -0.140. The number of benzene rings is 1. The molecule has 19 heavy (non-hydrogen) atoms. The Morgan fingerprint density at radius 2 is 2.11 bits per heavy atom. The van der Waals surface area contributed by atoms with Crippen LogP contribution < -0.4 is 11.1 Å². The van der Waals surface area contributed by atoms with Crippen LogP contribution in [-0.4, -0.2) is 23.0 Å². The van der Waals surface area contributed by atoms with E-state index in [9.17, 15) is 9.59 Å². The van der Waals surface area contributed by atoms with Gasteiger partial charge in [0.05, 0.1) is 5.56 Å². The molecule has 4 N–H and O–H groups in total. The molecule has 0 radical (unpaired) electrons. The highest BCUT2D eigenvalue weighted by molar-refractivity contribution is 9.10. The average Bonchev–Trinajstić information content (AvgIpc) is 2.37. The van der Waals surface area contributed by atoms with Crippen molar-refractivity contribution in [2.45, 2.75) is 26.3 Å². The Morgan fingerprint density at radius 1 is 1.47 bits per heavy atom. The third-order valence-electron chi connectivity index (χ3n) is 3.03. The number of carboxylic acids is 1. The van der Waals surface area contributed by atoms with E-state index in [1.54, 1.807) is 25.1 Å². The van der Waals surface area contributed by atoms with Gasteiger partial charge in [-0.05, 0) is 24.1 Å². The van der Waals surface area contributed by atoms with Gasteiger partial charge >= 0.3 is 5.97 Å². The second kappa shape index (κ2) is 6.56. The number of anilines is 1. The minimum Gasteiger partial charge on any atom is -0.480 e. The predicted octanol–water partition coefficient (Wildman–Crippen LogP) is 2.26. The van der Waals surface area contributed by atoms with Crippen LogP contribution in [0.25, 0.3) is 0 Å². The normalized spacial score (nSPS) is 13.6. The van der Waals surface area contributed by atoms with Crippen LogP contribution in [0, 0.1) is 5.92 Å². The molecule has 0 aliphatic carbocycles. The van der Waals surface area contributed by atoms with Crippen molar-refractivity contribution in [2.75, 3.05) is 5.73 Å². The van der Waals surface area contributed by atoms with Gasteiger partial charge in [-0.15, -0.1) is 0 Å². The molecule has 1 rings (SSSR count). The first kappa shape index (κ1) is 15.5. The number of carbonyl (C=O) groups is 2. The molecule has 1 amide bonds. The first-order chi connectivity index (χ1) is 8.86. The lowest BCUT2D eigenvalue weighted by atomic mass is 9.99. The van der Waals surface area contributed by atoms with Crippen molar-refractivity contribution in [3.05, 3.63) is 28.2 Å². The number of nitrogens with two attached hydrogens (primary N) is 1. The molecule has 1 aromatic rings. The highest BCUT2D eigenvalue weighted by Gasteiger charge is 2.26. The lowest BCUT2D eigenvalue weighted by Gasteiger charge is -2.20. The Morgan fingerprint density at radius 3 is 2.63 bits per heavy atom. The molecule has 5 nitrogen and oxygen atoms in total. The molecule has 0 saturated carbocycles. The summed E-state index contributed by atoms with van der Waals surface area (Å²) in [7, 11) is 0. The molecule has 6 heteroatoms. The van der Waals surface area contributed by atoms with Crippen LogP contribution in [0.4, 0.5) is 5.69 Å². The molecule has 0 saturated heterocycles. The zero-order valence-corrected chi connectivity index (χ0v) is 12.4. The van der Waals surface area contributed by atoms with Crippen molar-refractivity contribution in [1.82, 2.24) is 5.32 Å². The fourth-order valence-corrected chi connectivity index (χ4v) is 1.99. The van der Waals surface area contributed by atoms with Crippen molar-refractivity contribution in [1.29, 1.82) is 0 Å². The van der Waals surface area contributed by atoms with Crippen LogP contribution in [0.3, 0.4) is 0 Å². The van der Waals surface area contributed by atoms with E-state index in [4.69, 9.17) is 10.8 Å². The van der Waals surface area contributed by atoms with Crippen molar-refractivity contribution in [3.8, 4) is 0 Å². The number of halogens is 1. The standard InChI is InChI=1S/C13H17BrN2O3/c1-3-7(2)11(13(18)19)16-12(17)9-6-8(14)4-5-10(9)15/h4-7,11H,3,15H2,1-2H3,(H,16,17)(H,18,19). The first-order valence-corrected chi connectivity index (χ1v) is 6.74. The summed E-state index contributed by atoms with van der Waals surface area (Å²) >= 11 is 3.25. The van der Waals surface area contributed by atoms with Crippen molar-refractivity contribution < 1.29 is 14.7 Å². The van der Waals surface area contributed by atoms with Gasteiger partial charge in [0.2, 0.25) is 0 Å². The van der Waals surface area contributed by atoms with E-state index in [1.165, 1.54) is 0 Å². The van der Waals surface area contributed by atoms with Crippen LogP contribution in [0.15, 0.2) is 22.7 Å². The number of carboxylic acid groups (broad SMARTS) is 1. The van der Waals surface area contributed by atoms with Crippen LogP contribution in [0.1, 0.15) is 30.6 Å². The van der Waals surface area contributed by atoms with E-state index in [1.807, 2.05) is 6.92 Å². The number of aliphatic carboxylic acids is 1. The lowest BCUT2D eigenvalue weighted by Crippen LogP contribution is -2.45. The predicted molar refractivity (Wildman–Crippen MR) is 76.9 cm³/mol. The Labute approximate surface area is 120 Å². The molecule has 2 atom stereocenters. The fraction of sp³-hybridized carbons (Fsp3) is 0.385. The summed E-state index contributed by atoms with van der Waals surface area (Å²) in [5.74, 6) is -1.68. The number of rotatable bonds is 5. The van der Waals surface area contributed by atoms with E-state index < -0.39 is 17.9 Å². The van der Waals surface area contributed by atoms with Crippen LogP contribution in [0.5, 0.6) is 0 Å². The van der Waals surface area contributed by atoms with E-state index in [0.717, 1.165) is 0 Å². The van der Waals surface area contributed by atoms with Gasteiger partial charge in [0.1, 0.15) is 6.04 Å². The molecule has 0 heterocycles. The largest absolute Gasteiger partial charge is 0.480 e. The third kappa shape index (κ3) is 3.96. The third-order valence-corrected chi connectivity index (χ3v) is 3.52. The fourth-order valence-electron chi connectivity index (χ4n) is 1.63. The minimum atomic E-state index is -1.05. The van der Waals surface area contributed by atoms with Crippen LogP contribution >= 0.6 is 15.9 Å². The maximum Gasteiger partial charge on any atom is 0.326 e. The summed E-state index contributed by atoms with van der Waals surface area (Å²) in [6.07, 6.45) is 0.658. The van der Waals surface area contributed by atoms with Crippen molar-refractivity contribution >= 4 is 33.5 Å². The summed E-state index contributed by atoms with van der Waals surface area (Å²) in [5, 5.41) is 11.7. The van der Waals surface area contributed by atoms with E-state index in [2.05, 4.69) is 21.2 Å². The van der Waals surface area contributed by atoms with Gasteiger partial charge < -0.3 is 16.2 Å². The molecule has 104 valence electrons. The Hall–Kier alpha value is -1.56. The molecule has 0 bridgehead atoms. The molecule has 1 aromatic carbocycles. The summed E-state index contributed by atoms with van der Waals surface area (Å²) < 4.78 is 0.710. The zero-order chi connectivity index (χ0) is 14.6. The number of nitrogens with one attached hydrogen (secondary N) is 1. The monoisotopic (exact) mass is 328 g/mol. The van der Waals surface area contributed by atoms with Gasteiger partial charge in [-0.3, -0.25) is 4.79 Å². The minimum absolute atomic E-state index is 0.158. The Kier molecular flexibility index (Phi) is 5.35. The van der Waals surface area contributed by atoms with Gasteiger partial charge in [-0.2, -0.15) is 0 Å². The Balaban J connectivity index is 2.94. The number of hydrogen-bond donors (Lipinski definition) is 3. The highest BCUT2D eigenvalue weighted by atomic mass is 79.9.